The van der Waals surface area contributed by atoms with Gasteiger partial charge >= 0.3 is 0 Å². The first kappa shape index (κ1) is 20.4. The van der Waals surface area contributed by atoms with E-state index in [4.69, 9.17) is 11.6 Å². The molecule has 30 heavy (non-hydrogen) atoms. The number of halogens is 1. The lowest BCUT2D eigenvalue weighted by Crippen LogP contribution is -2.54. The van der Waals surface area contributed by atoms with Gasteiger partial charge in [-0.05, 0) is 48.0 Å². The molecule has 0 radical (unpaired) electrons. The van der Waals surface area contributed by atoms with E-state index in [1.54, 1.807) is 24.3 Å². The van der Waals surface area contributed by atoms with Crippen molar-refractivity contribution in [1.82, 2.24) is 9.80 Å². The van der Waals surface area contributed by atoms with E-state index >= 15 is 0 Å². The van der Waals surface area contributed by atoms with Crippen LogP contribution >= 0.6 is 11.6 Å². The van der Waals surface area contributed by atoms with Crippen molar-refractivity contribution < 1.29 is 9.59 Å². The maximum Gasteiger partial charge on any atom is 0.253 e. The fourth-order valence-corrected chi connectivity index (χ4v) is 3.99. The maximum atomic E-state index is 12.8. The van der Waals surface area contributed by atoms with E-state index in [1.807, 2.05) is 54.3 Å². The highest BCUT2D eigenvalue weighted by atomic mass is 35.5. The third kappa shape index (κ3) is 4.48. The molecule has 3 aromatic carbocycles. The maximum absolute atomic E-state index is 12.8. The highest BCUT2D eigenvalue weighted by Gasteiger charge is 2.28. The molecule has 0 aliphatic carbocycles. The molecule has 1 N–H and O–H groups in total. The summed E-state index contributed by atoms with van der Waals surface area (Å²) in [7, 11) is 0. The third-order valence-corrected chi connectivity index (χ3v) is 5.85. The van der Waals surface area contributed by atoms with Crippen molar-refractivity contribution in [3.63, 3.8) is 0 Å². The van der Waals surface area contributed by atoms with Crippen molar-refractivity contribution in [2.24, 2.45) is 0 Å². The number of carbonyl (C=O) groups is 2. The van der Waals surface area contributed by atoms with Crippen molar-refractivity contribution in [3.05, 3.63) is 77.3 Å². The van der Waals surface area contributed by atoms with Crippen LogP contribution in [0.15, 0.2) is 66.7 Å². The number of benzene rings is 3. The normalized spacial score (nSPS) is 15.7. The number of anilines is 1. The van der Waals surface area contributed by atoms with Crippen LogP contribution in [0.2, 0.25) is 5.02 Å². The SMILES string of the molecule is CC(C(=O)Nc1ccc2ccccc2c1)N1CCN(C(=O)c2cccc(Cl)c2)CC1. The molecule has 5 nitrogen and oxygen atoms in total. The van der Waals surface area contributed by atoms with Crippen LogP contribution in [0, 0.1) is 0 Å². The molecule has 1 aliphatic rings. The summed E-state index contributed by atoms with van der Waals surface area (Å²) in [5, 5.41) is 5.81. The molecule has 0 spiro atoms. The van der Waals surface area contributed by atoms with E-state index in [9.17, 15) is 9.59 Å². The third-order valence-electron chi connectivity index (χ3n) is 5.62. The van der Waals surface area contributed by atoms with Gasteiger partial charge < -0.3 is 10.2 Å². The molecule has 1 atom stereocenters. The van der Waals surface area contributed by atoms with Crippen LogP contribution in [0.5, 0.6) is 0 Å². The Labute approximate surface area is 181 Å². The number of carbonyl (C=O) groups excluding carboxylic acids is 2. The summed E-state index contributed by atoms with van der Waals surface area (Å²) in [6, 6.07) is 20.7. The van der Waals surface area contributed by atoms with Crippen LogP contribution in [-0.4, -0.2) is 53.8 Å². The Morgan fingerprint density at radius 2 is 1.63 bits per heavy atom. The minimum atomic E-state index is -0.278. The molecule has 3 aromatic rings. The predicted octanol–water partition coefficient (Wildman–Crippen LogP) is 4.28. The van der Waals surface area contributed by atoms with Crippen molar-refractivity contribution in [3.8, 4) is 0 Å². The first-order chi connectivity index (χ1) is 14.5. The van der Waals surface area contributed by atoms with Crippen molar-refractivity contribution in [2.45, 2.75) is 13.0 Å². The van der Waals surface area contributed by atoms with Gasteiger partial charge in [-0.3, -0.25) is 14.5 Å². The van der Waals surface area contributed by atoms with Crippen LogP contribution < -0.4 is 5.32 Å². The Morgan fingerprint density at radius 1 is 0.900 bits per heavy atom. The molecule has 2 amide bonds. The fourth-order valence-electron chi connectivity index (χ4n) is 3.80. The van der Waals surface area contributed by atoms with Gasteiger partial charge in [0.15, 0.2) is 0 Å². The molecule has 0 saturated carbocycles. The van der Waals surface area contributed by atoms with Gasteiger partial charge in [-0.15, -0.1) is 0 Å². The zero-order valence-corrected chi connectivity index (χ0v) is 17.6. The molecule has 154 valence electrons. The van der Waals surface area contributed by atoms with Gasteiger partial charge in [0, 0.05) is 42.5 Å². The Balaban J connectivity index is 1.34. The van der Waals surface area contributed by atoms with Crippen molar-refractivity contribution in [2.75, 3.05) is 31.5 Å². The van der Waals surface area contributed by atoms with E-state index in [2.05, 4.69) is 10.2 Å². The van der Waals surface area contributed by atoms with Gasteiger partial charge in [-0.1, -0.05) is 48.0 Å². The fraction of sp³-hybridized carbons (Fsp3) is 0.250. The smallest absolute Gasteiger partial charge is 0.253 e. The lowest BCUT2D eigenvalue weighted by atomic mass is 10.1. The molecule has 4 rings (SSSR count). The quantitative estimate of drug-likeness (QED) is 0.684. The van der Waals surface area contributed by atoms with Crippen LogP contribution in [-0.2, 0) is 4.79 Å². The molecule has 0 bridgehead atoms. The Bertz CT molecular complexity index is 1080. The lowest BCUT2D eigenvalue weighted by Gasteiger charge is -2.37. The Kier molecular flexibility index (Phi) is 6.02. The van der Waals surface area contributed by atoms with Gasteiger partial charge in [0.05, 0.1) is 6.04 Å². The molecular weight excluding hydrogens is 398 g/mol. The zero-order valence-electron chi connectivity index (χ0n) is 16.8. The number of piperazine rings is 1. The van der Waals surface area contributed by atoms with Gasteiger partial charge in [0.25, 0.3) is 5.91 Å². The summed E-state index contributed by atoms with van der Waals surface area (Å²) < 4.78 is 0. The van der Waals surface area contributed by atoms with E-state index < -0.39 is 0 Å². The minimum absolute atomic E-state index is 0.0228. The topological polar surface area (TPSA) is 52.7 Å². The number of nitrogens with zero attached hydrogens (tertiary/aromatic N) is 2. The summed E-state index contributed by atoms with van der Waals surface area (Å²) in [5.74, 6) is -0.0645. The molecule has 1 fully saturated rings. The molecule has 1 saturated heterocycles. The molecule has 0 aromatic heterocycles. The first-order valence-corrected chi connectivity index (χ1v) is 10.5. The second-order valence-corrected chi connectivity index (χ2v) is 8.00. The number of nitrogens with one attached hydrogen (secondary N) is 1. The number of amides is 2. The van der Waals surface area contributed by atoms with Crippen molar-refractivity contribution in [1.29, 1.82) is 0 Å². The molecule has 6 heteroatoms. The average Bonchev–Trinajstić information content (AvgIpc) is 2.78. The van der Waals surface area contributed by atoms with Gasteiger partial charge in [-0.25, -0.2) is 0 Å². The van der Waals surface area contributed by atoms with Gasteiger partial charge in [0.1, 0.15) is 0 Å². The summed E-state index contributed by atoms with van der Waals surface area (Å²) in [5.41, 5.74) is 1.39. The Hall–Kier alpha value is -2.89. The van der Waals surface area contributed by atoms with Crippen LogP contribution in [0.3, 0.4) is 0 Å². The summed E-state index contributed by atoms with van der Waals surface area (Å²) in [4.78, 5) is 29.4. The molecule has 1 aliphatic heterocycles. The van der Waals surface area contributed by atoms with E-state index in [-0.39, 0.29) is 17.9 Å². The summed E-state index contributed by atoms with van der Waals surface area (Å²) in [6.45, 7) is 4.37. The molecule has 1 unspecified atom stereocenters. The van der Waals surface area contributed by atoms with Crippen LogP contribution in [0.25, 0.3) is 10.8 Å². The second-order valence-electron chi connectivity index (χ2n) is 7.57. The van der Waals surface area contributed by atoms with Crippen LogP contribution in [0.1, 0.15) is 17.3 Å². The number of hydrogen-bond acceptors (Lipinski definition) is 3. The minimum Gasteiger partial charge on any atom is -0.336 e. The average molecular weight is 422 g/mol. The number of rotatable bonds is 4. The summed E-state index contributed by atoms with van der Waals surface area (Å²) >= 11 is 6.00. The van der Waals surface area contributed by atoms with Crippen molar-refractivity contribution >= 4 is 39.9 Å². The van der Waals surface area contributed by atoms with E-state index in [1.165, 1.54) is 0 Å². The van der Waals surface area contributed by atoms with E-state index in [0.717, 1.165) is 16.5 Å². The number of fused-ring (bicyclic) bond motifs is 1. The first-order valence-electron chi connectivity index (χ1n) is 10.1. The number of hydrogen-bond donors (Lipinski definition) is 1. The van der Waals surface area contributed by atoms with Gasteiger partial charge in [-0.2, -0.15) is 0 Å². The van der Waals surface area contributed by atoms with Crippen LogP contribution in [0.4, 0.5) is 5.69 Å². The zero-order chi connectivity index (χ0) is 21.1. The van der Waals surface area contributed by atoms with E-state index in [0.29, 0.717) is 36.8 Å². The standard InChI is InChI=1S/C24H24ClN3O2/c1-17(23(29)26-22-10-9-18-5-2-3-6-19(18)16-22)27-11-13-28(14-12-27)24(30)20-7-4-8-21(25)15-20/h2-10,15-17H,11-14H2,1H3,(H,26,29). The highest BCUT2D eigenvalue weighted by molar-refractivity contribution is 6.30. The largest absolute Gasteiger partial charge is 0.336 e. The monoisotopic (exact) mass is 421 g/mol. The second kappa shape index (κ2) is 8.86. The lowest BCUT2D eigenvalue weighted by molar-refractivity contribution is -0.121. The Morgan fingerprint density at radius 3 is 2.37 bits per heavy atom. The molecule has 1 heterocycles. The molecular formula is C24H24ClN3O2. The highest BCUT2D eigenvalue weighted by Crippen LogP contribution is 2.20. The summed E-state index contributed by atoms with van der Waals surface area (Å²) in [6.07, 6.45) is 0. The van der Waals surface area contributed by atoms with Gasteiger partial charge in [0.2, 0.25) is 5.91 Å². The predicted molar refractivity (Wildman–Crippen MR) is 121 cm³/mol.